The zero-order valence-corrected chi connectivity index (χ0v) is 5.62. The van der Waals surface area contributed by atoms with Gasteiger partial charge in [-0.3, -0.25) is 4.79 Å². The third-order valence-electron chi connectivity index (χ3n) is 2.36. The van der Waals surface area contributed by atoms with Gasteiger partial charge in [0, 0.05) is 6.42 Å². The van der Waals surface area contributed by atoms with Crippen molar-refractivity contribution in [2.24, 2.45) is 5.92 Å². The highest BCUT2D eigenvalue weighted by atomic mass is 16.6. The summed E-state index contributed by atoms with van der Waals surface area (Å²) in [6.07, 6.45) is 1.67. The predicted octanol–water partition coefficient (Wildman–Crippen LogP) is 0.0728. The molecule has 1 unspecified atom stereocenters. The summed E-state index contributed by atoms with van der Waals surface area (Å²) in [7, 11) is 0. The molecular weight excluding hydrogens is 132 g/mol. The molecule has 3 nitrogen and oxygen atoms in total. The molecule has 1 saturated carbocycles. The number of ether oxygens (including phenoxy) is 1. The Bertz CT molecular complexity index is 166. The monoisotopic (exact) mass is 142 g/mol. The minimum absolute atomic E-state index is 0.0911. The van der Waals surface area contributed by atoms with Gasteiger partial charge in [0.05, 0.1) is 12.0 Å². The number of esters is 1. The fourth-order valence-corrected chi connectivity index (χ4v) is 1.70. The smallest absolute Gasteiger partial charge is 0.309 e. The van der Waals surface area contributed by atoms with Crippen molar-refractivity contribution >= 4 is 5.97 Å². The lowest BCUT2D eigenvalue weighted by Gasteiger charge is -2.19. The Hall–Kier alpha value is -0.570. The standard InChI is InChI=1S/C7H10O3/c8-5-2-1-4-3-6(5)10-7(4)9/h4-6,8H,1-3H2/t4-,5-,6?/m0/s1. The summed E-state index contributed by atoms with van der Waals surface area (Å²) in [5.41, 5.74) is 0. The molecule has 56 valence electrons. The molecule has 0 amide bonds. The third-order valence-corrected chi connectivity index (χ3v) is 2.36. The lowest BCUT2D eigenvalue weighted by atomic mass is 9.88. The number of fused-ring (bicyclic) bond motifs is 2. The molecule has 0 radical (unpaired) electrons. The van der Waals surface area contributed by atoms with Crippen molar-refractivity contribution in [3.63, 3.8) is 0 Å². The Labute approximate surface area is 59.0 Å². The van der Waals surface area contributed by atoms with E-state index in [4.69, 9.17) is 4.74 Å². The van der Waals surface area contributed by atoms with Gasteiger partial charge in [0.1, 0.15) is 6.10 Å². The van der Waals surface area contributed by atoms with Crippen LogP contribution < -0.4 is 0 Å². The minimum atomic E-state index is -0.400. The van der Waals surface area contributed by atoms with E-state index in [1.807, 2.05) is 0 Å². The van der Waals surface area contributed by atoms with E-state index < -0.39 is 6.10 Å². The minimum Gasteiger partial charge on any atom is -0.459 e. The van der Waals surface area contributed by atoms with E-state index in [0.717, 1.165) is 19.3 Å². The van der Waals surface area contributed by atoms with Crippen LogP contribution in [0.4, 0.5) is 0 Å². The molecule has 2 aliphatic rings. The van der Waals surface area contributed by atoms with Crippen molar-refractivity contribution in [3.05, 3.63) is 0 Å². The second-order valence-corrected chi connectivity index (χ2v) is 3.05. The molecule has 1 heterocycles. The van der Waals surface area contributed by atoms with Crippen LogP contribution in [0, 0.1) is 5.92 Å². The first-order chi connectivity index (χ1) is 4.77. The lowest BCUT2D eigenvalue weighted by molar-refractivity contribution is -0.145. The third kappa shape index (κ3) is 0.736. The first-order valence-electron chi connectivity index (χ1n) is 3.66. The fourth-order valence-electron chi connectivity index (χ4n) is 1.70. The van der Waals surface area contributed by atoms with E-state index in [1.165, 1.54) is 0 Å². The first kappa shape index (κ1) is 6.16. The maximum absolute atomic E-state index is 10.9. The molecule has 3 heteroatoms. The Kier molecular flexibility index (Phi) is 1.20. The topological polar surface area (TPSA) is 46.5 Å². The van der Waals surface area contributed by atoms with Crippen molar-refractivity contribution < 1.29 is 14.6 Å². The van der Waals surface area contributed by atoms with E-state index in [9.17, 15) is 9.90 Å². The Morgan fingerprint density at radius 2 is 2.30 bits per heavy atom. The fraction of sp³-hybridized carbons (Fsp3) is 0.857. The highest BCUT2D eigenvalue weighted by molar-refractivity contribution is 5.75. The highest BCUT2D eigenvalue weighted by Gasteiger charge is 2.42. The van der Waals surface area contributed by atoms with Gasteiger partial charge < -0.3 is 9.84 Å². The SMILES string of the molecule is O=C1OC2C[C@@H]1CC[C@@H]2O. The number of rotatable bonds is 0. The van der Waals surface area contributed by atoms with Crippen molar-refractivity contribution in [1.82, 2.24) is 0 Å². The van der Waals surface area contributed by atoms with Crippen LogP contribution in [0.15, 0.2) is 0 Å². The molecule has 1 aliphatic carbocycles. The van der Waals surface area contributed by atoms with Crippen LogP contribution in [0.2, 0.25) is 0 Å². The number of hydrogen-bond donors (Lipinski definition) is 1. The van der Waals surface area contributed by atoms with Gasteiger partial charge in [-0.25, -0.2) is 0 Å². The maximum Gasteiger partial charge on any atom is 0.309 e. The molecule has 0 aromatic rings. The van der Waals surface area contributed by atoms with E-state index in [0.29, 0.717) is 0 Å². The summed E-state index contributed by atoms with van der Waals surface area (Å²) in [6, 6.07) is 0. The molecule has 2 bridgehead atoms. The van der Waals surface area contributed by atoms with E-state index in [-0.39, 0.29) is 18.0 Å². The number of carbonyl (C=O) groups is 1. The molecule has 1 aliphatic heterocycles. The number of hydrogen-bond acceptors (Lipinski definition) is 3. The van der Waals surface area contributed by atoms with Crippen molar-refractivity contribution in [1.29, 1.82) is 0 Å². The maximum atomic E-state index is 10.9. The first-order valence-corrected chi connectivity index (χ1v) is 3.66. The predicted molar refractivity (Wildman–Crippen MR) is 33.2 cm³/mol. The van der Waals surface area contributed by atoms with Crippen LogP contribution >= 0.6 is 0 Å². The van der Waals surface area contributed by atoms with Crippen LogP contribution in [0.25, 0.3) is 0 Å². The number of carbonyl (C=O) groups excluding carboxylic acids is 1. The van der Waals surface area contributed by atoms with Crippen molar-refractivity contribution in [3.8, 4) is 0 Å². The zero-order valence-electron chi connectivity index (χ0n) is 5.62. The van der Waals surface area contributed by atoms with Gasteiger partial charge in [-0.1, -0.05) is 0 Å². The second kappa shape index (κ2) is 1.95. The van der Waals surface area contributed by atoms with E-state index in [1.54, 1.807) is 0 Å². The molecule has 2 fully saturated rings. The molecule has 10 heavy (non-hydrogen) atoms. The average Bonchev–Trinajstić information content (AvgIpc) is 2.21. The molecule has 1 N–H and O–H groups in total. The zero-order chi connectivity index (χ0) is 7.14. The van der Waals surface area contributed by atoms with Gasteiger partial charge in [-0.05, 0) is 12.8 Å². The van der Waals surface area contributed by atoms with Crippen LogP contribution in [0.5, 0.6) is 0 Å². The summed E-state index contributed by atoms with van der Waals surface area (Å²) in [4.78, 5) is 10.9. The molecular formula is C7H10O3. The summed E-state index contributed by atoms with van der Waals surface area (Å²) in [5.74, 6) is -0.0186. The van der Waals surface area contributed by atoms with Crippen LogP contribution in [-0.4, -0.2) is 23.3 Å². The quantitative estimate of drug-likeness (QED) is 0.487. The van der Waals surface area contributed by atoms with Gasteiger partial charge in [-0.2, -0.15) is 0 Å². The van der Waals surface area contributed by atoms with Crippen molar-refractivity contribution in [2.45, 2.75) is 31.5 Å². The van der Waals surface area contributed by atoms with E-state index >= 15 is 0 Å². The number of aliphatic hydroxyl groups excluding tert-OH is 1. The largest absolute Gasteiger partial charge is 0.459 e. The van der Waals surface area contributed by atoms with Crippen LogP contribution in [-0.2, 0) is 9.53 Å². The normalized spacial score (nSPS) is 45.3. The van der Waals surface area contributed by atoms with Gasteiger partial charge >= 0.3 is 5.97 Å². The summed E-state index contributed by atoms with van der Waals surface area (Å²) < 4.78 is 4.91. The molecule has 0 aromatic carbocycles. The molecule has 2 rings (SSSR count). The number of aliphatic hydroxyl groups is 1. The highest BCUT2D eigenvalue weighted by Crippen LogP contribution is 2.33. The van der Waals surface area contributed by atoms with Crippen LogP contribution in [0.1, 0.15) is 19.3 Å². The summed E-state index contributed by atoms with van der Waals surface area (Å²) in [5, 5.41) is 9.24. The lowest BCUT2D eigenvalue weighted by Crippen LogP contribution is -2.28. The van der Waals surface area contributed by atoms with Gasteiger partial charge in [0.15, 0.2) is 0 Å². The van der Waals surface area contributed by atoms with Crippen molar-refractivity contribution in [2.75, 3.05) is 0 Å². The summed E-state index contributed by atoms with van der Waals surface area (Å²) >= 11 is 0. The molecule has 3 atom stereocenters. The molecule has 1 saturated heterocycles. The van der Waals surface area contributed by atoms with Gasteiger partial charge in [-0.15, -0.1) is 0 Å². The van der Waals surface area contributed by atoms with Gasteiger partial charge in [0.25, 0.3) is 0 Å². The van der Waals surface area contributed by atoms with Crippen LogP contribution in [0.3, 0.4) is 0 Å². The second-order valence-electron chi connectivity index (χ2n) is 3.05. The van der Waals surface area contributed by atoms with Gasteiger partial charge in [0.2, 0.25) is 0 Å². The Morgan fingerprint density at radius 1 is 1.50 bits per heavy atom. The molecule has 0 aromatic heterocycles. The Balaban J connectivity index is 2.15. The average molecular weight is 142 g/mol. The summed E-state index contributed by atoms with van der Waals surface area (Å²) in [6.45, 7) is 0. The molecule has 0 spiro atoms. The van der Waals surface area contributed by atoms with E-state index in [2.05, 4.69) is 0 Å². The Morgan fingerprint density at radius 3 is 3.00 bits per heavy atom.